The van der Waals surface area contributed by atoms with Crippen molar-refractivity contribution >= 4 is 22.8 Å². The molecule has 2 aliphatic carbocycles. The van der Waals surface area contributed by atoms with E-state index < -0.39 is 47.4 Å². The second-order valence-electron chi connectivity index (χ2n) is 10.4. The molecule has 2 aromatic heterocycles. The molecule has 0 unspecified atom stereocenters. The zero-order chi connectivity index (χ0) is 28.1. The lowest BCUT2D eigenvalue weighted by Crippen LogP contribution is -2.62. The van der Waals surface area contributed by atoms with Crippen molar-refractivity contribution in [3.8, 4) is 28.6 Å². The Hall–Kier alpha value is -4.79. The number of nitriles is 1. The van der Waals surface area contributed by atoms with E-state index in [4.69, 9.17) is 4.42 Å². The highest BCUT2D eigenvalue weighted by Gasteiger charge is 2.53. The normalized spacial score (nSPS) is 18.5. The van der Waals surface area contributed by atoms with Crippen molar-refractivity contribution in [2.45, 2.75) is 55.5 Å². The zero-order valence-corrected chi connectivity index (χ0v) is 21.1. The molecule has 12 heteroatoms. The van der Waals surface area contributed by atoms with Crippen molar-refractivity contribution in [2.24, 2.45) is 0 Å². The predicted octanol–water partition coefficient (Wildman–Crippen LogP) is 4.29. The van der Waals surface area contributed by atoms with Gasteiger partial charge in [0.05, 0.1) is 6.07 Å². The first-order valence-corrected chi connectivity index (χ1v) is 12.7. The van der Waals surface area contributed by atoms with E-state index in [2.05, 4.69) is 31.4 Å². The van der Waals surface area contributed by atoms with Crippen LogP contribution in [0.2, 0.25) is 0 Å². The Morgan fingerprint density at radius 1 is 0.925 bits per heavy atom. The quantitative estimate of drug-likeness (QED) is 0.325. The fraction of sp³-hybridized carbons (Fsp3) is 0.321. The number of nitrogens with one attached hydrogen (secondary N) is 3. The smallest absolute Gasteiger partial charge is 0.439 e. The molecule has 2 aliphatic rings. The molecule has 204 valence electrons. The number of hydrogen-bond acceptors (Lipinski definition) is 7. The summed E-state index contributed by atoms with van der Waals surface area (Å²) in [7, 11) is 0. The van der Waals surface area contributed by atoms with Crippen LogP contribution in [0.5, 0.6) is 0 Å². The van der Waals surface area contributed by atoms with Crippen molar-refractivity contribution < 1.29 is 27.3 Å². The van der Waals surface area contributed by atoms with Crippen molar-refractivity contribution in [1.82, 2.24) is 20.8 Å². The van der Waals surface area contributed by atoms with Gasteiger partial charge in [-0.05, 0) is 48.9 Å². The highest BCUT2D eigenvalue weighted by Crippen LogP contribution is 2.41. The summed E-state index contributed by atoms with van der Waals surface area (Å²) in [6.07, 6.45) is -0.693. The van der Waals surface area contributed by atoms with Gasteiger partial charge in [-0.25, -0.2) is 13.6 Å². The van der Waals surface area contributed by atoms with Gasteiger partial charge in [-0.2, -0.15) is 5.26 Å². The Morgan fingerprint density at radius 2 is 1.60 bits per heavy atom. The highest BCUT2D eigenvalue weighted by molar-refractivity contribution is 6.01. The fourth-order valence-corrected chi connectivity index (χ4v) is 4.95. The maximum Gasteiger partial charge on any atom is 0.439 e. The minimum absolute atomic E-state index is 0.0663. The minimum atomic E-state index is -2.93. The molecule has 0 spiro atoms. The van der Waals surface area contributed by atoms with Gasteiger partial charge in [-0.15, -0.1) is 0 Å². The number of hydrogen-bond donors (Lipinski definition) is 3. The minimum Gasteiger partial charge on any atom is -0.451 e. The lowest BCUT2D eigenvalue weighted by atomic mass is 9.78. The Labute approximate surface area is 225 Å². The Morgan fingerprint density at radius 3 is 2.23 bits per heavy atom. The van der Waals surface area contributed by atoms with Crippen molar-refractivity contribution in [3.05, 3.63) is 64.8 Å². The third-order valence-corrected chi connectivity index (χ3v) is 7.62. The average Bonchev–Trinajstić information content (AvgIpc) is 3.36. The SMILES string of the molecule is N#CC1(NC(=O)C2(NC(=O)c3cc4ccc(-c5ccc(-c6noc(=O)[nH]6)cc5)cc4o3)CCC(F)(F)CC2)CC1. The lowest BCUT2D eigenvalue weighted by Gasteiger charge is -2.39. The van der Waals surface area contributed by atoms with E-state index in [9.17, 15) is 28.4 Å². The van der Waals surface area contributed by atoms with E-state index in [0.717, 1.165) is 11.1 Å². The fourth-order valence-electron chi connectivity index (χ4n) is 4.95. The molecule has 0 radical (unpaired) electrons. The third kappa shape index (κ3) is 4.75. The van der Waals surface area contributed by atoms with Gasteiger partial charge < -0.3 is 15.1 Å². The molecule has 0 aliphatic heterocycles. The molecule has 2 aromatic carbocycles. The van der Waals surface area contributed by atoms with Crippen molar-refractivity contribution in [2.75, 3.05) is 0 Å². The van der Waals surface area contributed by atoms with E-state index >= 15 is 0 Å². The molecule has 0 bridgehead atoms. The maximum atomic E-state index is 14.0. The number of fused-ring (bicyclic) bond motifs is 1. The van der Waals surface area contributed by atoms with Crippen molar-refractivity contribution in [1.29, 1.82) is 5.26 Å². The molecule has 40 heavy (non-hydrogen) atoms. The van der Waals surface area contributed by atoms with Crippen LogP contribution >= 0.6 is 0 Å². The van der Waals surface area contributed by atoms with Crippen LogP contribution in [-0.2, 0) is 4.79 Å². The second kappa shape index (κ2) is 9.15. The number of amides is 2. The van der Waals surface area contributed by atoms with Crippen LogP contribution in [0.4, 0.5) is 8.78 Å². The molecule has 3 N–H and O–H groups in total. The summed E-state index contributed by atoms with van der Waals surface area (Å²) in [6.45, 7) is 0. The first-order chi connectivity index (χ1) is 19.1. The van der Waals surface area contributed by atoms with E-state index in [-0.39, 0.29) is 18.6 Å². The van der Waals surface area contributed by atoms with Crippen LogP contribution in [-0.4, -0.2) is 39.0 Å². The van der Waals surface area contributed by atoms with Crippen LogP contribution in [0.1, 0.15) is 49.1 Å². The summed E-state index contributed by atoms with van der Waals surface area (Å²) in [5.74, 6) is -4.67. The molecule has 2 heterocycles. The van der Waals surface area contributed by atoms with Gasteiger partial charge in [-0.3, -0.25) is 19.1 Å². The summed E-state index contributed by atoms with van der Waals surface area (Å²) in [6, 6.07) is 16.2. The molecule has 0 saturated heterocycles. The zero-order valence-electron chi connectivity index (χ0n) is 21.1. The molecule has 10 nitrogen and oxygen atoms in total. The van der Waals surface area contributed by atoms with Gasteiger partial charge >= 0.3 is 5.76 Å². The predicted molar refractivity (Wildman–Crippen MR) is 137 cm³/mol. The molecule has 2 fully saturated rings. The first kappa shape index (κ1) is 25.5. The molecule has 2 saturated carbocycles. The number of furan rings is 1. The van der Waals surface area contributed by atoms with Crippen molar-refractivity contribution in [3.63, 3.8) is 0 Å². The number of benzene rings is 2. The van der Waals surface area contributed by atoms with Gasteiger partial charge in [0.2, 0.25) is 11.8 Å². The Balaban J connectivity index is 1.23. The monoisotopic (exact) mass is 547 g/mol. The number of H-pyrrole nitrogens is 1. The number of rotatable bonds is 6. The summed E-state index contributed by atoms with van der Waals surface area (Å²) in [5.41, 5.74) is 0.131. The highest BCUT2D eigenvalue weighted by atomic mass is 19.3. The van der Waals surface area contributed by atoms with Gasteiger partial charge in [0.1, 0.15) is 16.7 Å². The molecule has 0 atom stereocenters. The summed E-state index contributed by atoms with van der Waals surface area (Å²) in [5, 5.41) is 19.0. The molecular weight excluding hydrogens is 524 g/mol. The second-order valence-corrected chi connectivity index (χ2v) is 10.4. The molecule has 4 aromatic rings. The summed E-state index contributed by atoms with van der Waals surface area (Å²) >= 11 is 0. The largest absolute Gasteiger partial charge is 0.451 e. The molecule has 6 rings (SSSR count). The number of halogens is 2. The Bertz CT molecular complexity index is 1720. The van der Waals surface area contributed by atoms with Crippen LogP contribution in [0.15, 0.2) is 62.3 Å². The molecule has 2 amide bonds. The van der Waals surface area contributed by atoms with Crippen LogP contribution < -0.4 is 16.4 Å². The maximum absolute atomic E-state index is 14.0. The molecular formula is C28H23F2N5O5. The number of carbonyl (C=O) groups excluding carboxylic acids is 2. The topological polar surface area (TPSA) is 154 Å². The summed E-state index contributed by atoms with van der Waals surface area (Å²) in [4.78, 5) is 40.2. The van der Waals surface area contributed by atoms with Crippen LogP contribution in [0.25, 0.3) is 33.5 Å². The summed E-state index contributed by atoms with van der Waals surface area (Å²) < 4.78 is 38.3. The van der Waals surface area contributed by atoms with Gasteiger partial charge in [0.15, 0.2) is 11.6 Å². The standard InChI is InChI=1S/C28H23F2N5O5/c29-28(30)11-9-27(10-12-28,24(37)34-26(15-31)7-8-26)33-23(36)21-14-19-6-5-18(13-20(19)39-21)16-1-3-17(4-2-16)22-32-25(38)40-35-22/h1-6,13-14H,7-12H2,(H,33,36)(H,34,37)(H,32,35,38). The van der Waals surface area contributed by atoms with Gasteiger partial charge in [0.25, 0.3) is 5.91 Å². The van der Waals surface area contributed by atoms with E-state index in [1.807, 2.05) is 18.2 Å². The van der Waals surface area contributed by atoms with E-state index in [1.54, 1.807) is 24.3 Å². The third-order valence-electron chi connectivity index (χ3n) is 7.62. The van der Waals surface area contributed by atoms with E-state index in [0.29, 0.717) is 35.2 Å². The lowest BCUT2D eigenvalue weighted by molar-refractivity contribution is -0.133. The average molecular weight is 548 g/mol. The number of carbonyl (C=O) groups is 2. The number of alkyl halides is 2. The first-order valence-electron chi connectivity index (χ1n) is 12.7. The number of aromatic nitrogens is 2. The number of aromatic amines is 1. The van der Waals surface area contributed by atoms with Crippen LogP contribution in [0, 0.1) is 11.3 Å². The number of nitrogens with zero attached hydrogens (tertiary/aromatic N) is 2. The van der Waals surface area contributed by atoms with Gasteiger partial charge in [-0.1, -0.05) is 41.6 Å². The Kier molecular flexibility index (Phi) is 5.83. The van der Waals surface area contributed by atoms with Gasteiger partial charge in [0, 0.05) is 23.8 Å². The van der Waals surface area contributed by atoms with E-state index in [1.165, 1.54) is 6.07 Å². The van der Waals surface area contributed by atoms with Crippen LogP contribution in [0.3, 0.4) is 0 Å².